The Kier molecular flexibility index (Phi) is 4.29. The molecule has 0 atom stereocenters. The van der Waals surface area contributed by atoms with E-state index in [1.54, 1.807) is 24.7 Å². The number of carbonyl (C=O) groups is 1. The van der Waals surface area contributed by atoms with Gasteiger partial charge in [-0.05, 0) is 37.6 Å². The van der Waals surface area contributed by atoms with E-state index in [1.165, 1.54) is 0 Å². The van der Waals surface area contributed by atoms with E-state index in [0.717, 1.165) is 11.3 Å². The van der Waals surface area contributed by atoms with E-state index in [9.17, 15) is 4.79 Å². The smallest absolute Gasteiger partial charge is 0.322 e. The number of furan rings is 1. The molecule has 0 aliphatic rings. The van der Waals surface area contributed by atoms with E-state index in [-0.39, 0.29) is 11.9 Å². The Hall–Kier alpha value is -3.68. The van der Waals surface area contributed by atoms with Crippen LogP contribution in [0.25, 0.3) is 11.5 Å². The number of rotatable bonds is 5. The maximum absolute atomic E-state index is 12.4. The Morgan fingerprint density at radius 3 is 2.63 bits per heavy atom. The summed E-state index contributed by atoms with van der Waals surface area (Å²) < 4.78 is 12.9. The molecule has 0 saturated carbocycles. The van der Waals surface area contributed by atoms with Crippen LogP contribution in [-0.4, -0.2) is 25.7 Å². The minimum atomic E-state index is -0.320. The number of aryl methyl sites for hydroxylation is 2. The summed E-state index contributed by atoms with van der Waals surface area (Å²) in [5.41, 5.74) is 2.28. The SMILES string of the molecule is Cc1cc(-c2nnc(NC(=O)c3ccc(Cn4ccnc4)cc3)o2)c(C)o1. The molecular formula is C19H17N5O3. The number of hydrogen-bond donors (Lipinski definition) is 1. The van der Waals surface area contributed by atoms with Gasteiger partial charge in [0, 0.05) is 24.5 Å². The summed E-state index contributed by atoms with van der Waals surface area (Å²) in [5, 5.41) is 10.5. The topological polar surface area (TPSA) is 99.0 Å². The molecule has 3 heterocycles. The molecule has 4 aromatic rings. The lowest BCUT2D eigenvalue weighted by atomic mass is 10.1. The number of imidazole rings is 1. The lowest BCUT2D eigenvalue weighted by Gasteiger charge is -2.04. The predicted molar refractivity (Wildman–Crippen MR) is 97.2 cm³/mol. The first-order valence-electron chi connectivity index (χ1n) is 8.35. The van der Waals surface area contributed by atoms with E-state index < -0.39 is 0 Å². The zero-order chi connectivity index (χ0) is 18.8. The standard InChI is InChI=1S/C19H17N5O3/c1-12-9-16(13(2)26-12)18-22-23-19(27-18)21-17(25)15-5-3-14(4-6-15)10-24-8-7-20-11-24/h3-9,11H,10H2,1-2H3,(H,21,23,25). The first-order valence-corrected chi connectivity index (χ1v) is 8.35. The summed E-state index contributed by atoms with van der Waals surface area (Å²) in [4.78, 5) is 16.4. The summed E-state index contributed by atoms with van der Waals surface area (Å²) in [6, 6.07) is 9.14. The van der Waals surface area contributed by atoms with Crippen molar-refractivity contribution in [3.8, 4) is 11.5 Å². The van der Waals surface area contributed by atoms with Gasteiger partial charge in [0.2, 0.25) is 0 Å². The van der Waals surface area contributed by atoms with Gasteiger partial charge in [0.15, 0.2) is 0 Å². The van der Waals surface area contributed by atoms with Gasteiger partial charge < -0.3 is 13.4 Å². The molecule has 1 aromatic carbocycles. The molecule has 1 amide bonds. The number of carbonyl (C=O) groups excluding carboxylic acids is 1. The highest BCUT2D eigenvalue weighted by atomic mass is 16.4. The summed E-state index contributed by atoms with van der Waals surface area (Å²) in [5.74, 6) is 1.42. The average Bonchev–Trinajstić information content (AvgIpc) is 3.38. The number of anilines is 1. The Bertz CT molecular complexity index is 1060. The summed E-state index contributed by atoms with van der Waals surface area (Å²) >= 11 is 0. The van der Waals surface area contributed by atoms with Gasteiger partial charge in [-0.15, -0.1) is 5.10 Å². The predicted octanol–water partition coefficient (Wildman–Crippen LogP) is 3.44. The maximum Gasteiger partial charge on any atom is 0.322 e. The first-order chi connectivity index (χ1) is 13.1. The van der Waals surface area contributed by atoms with Gasteiger partial charge in [0.1, 0.15) is 11.5 Å². The molecule has 0 spiro atoms. The van der Waals surface area contributed by atoms with Crippen molar-refractivity contribution in [3.05, 3.63) is 71.7 Å². The number of benzene rings is 1. The normalized spacial score (nSPS) is 10.9. The van der Waals surface area contributed by atoms with Gasteiger partial charge in [-0.25, -0.2) is 4.98 Å². The van der Waals surface area contributed by atoms with E-state index in [1.807, 2.05) is 42.8 Å². The van der Waals surface area contributed by atoms with Crippen LogP contribution in [0.2, 0.25) is 0 Å². The third-order valence-electron chi connectivity index (χ3n) is 4.06. The molecule has 8 nitrogen and oxygen atoms in total. The molecule has 0 bridgehead atoms. The van der Waals surface area contributed by atoms with E-state index in [2.05, 4.69) is 20.5 Å². The van der Waals surface area contributed by atoms with Crippen molar-refractivity contribution in [2.75, 3.05) is 5.32 Å². The van der Waals surface area contributed by atoms with Crippen molar-refractivity contribution < 1.29 is 13.6 Å². The van der Waals surface area contributed by atoms with E-state index >= 15 is 0 Å². The zero-order valence-electron chi connectivity index (χ0n) is 14.8. The quantitative estimate of drug-likeness (QED) is 0.583. The van der Waals surface area contributed by atoms with Crippen LogP contribution >= 0.6 is 0 Å². The average molecular weight is 363 g/mol. The van der Waals surface area contributed by atoms with Crippen molar-refractivity contribution in [1.82, 2.24) is 19.7 Å². The number of amides is 1. The summed E-state index contributed by atoms with van der Waals surface area (Å²) in [7, 11) is 0. The first kappa shape index (κ1) is 16.8. The number of aromatic nitrogens is 4. The van der Waals surface area contributed by atoms with Crippen LogP contribution in [-0.2, 0) is 6.54 Å². The molecule has 0 unspecified atom stereocenters. The molecular weight excluding hydrogens is 346 g/mol. The lowest BCUT2D eigenvalue weighted by molar-refractivity contribution is 0.102. The molecule has 4 rings (SSSR count). The zero-order valence-corrected chi connectivity index (χ0v) is 14.8. The molecule has 3 aromatic heterocycles. The summed E-state index contributed by atoms with van der Waals surface area (Å²) in [6.07, 6.45) is 5.36. The van der Waals surface area contributed by atoms with Crippen LogP contribution in [0.15, 0.2) is 57.9 Å². The number of hydrogen-bond acceptors (Lipinski definition) is 6. The lowest BCUT2D eigenvalue weighted by Crippen LogP contribution is -2.12. The highest BCUT2D eigenvalue weighted by molar-refractivity contribution is 6.03. The van der Waals surface area contributed by atoms with Gasteiger partial charge >= 0.3 is 6.01 Å². The molecule has 0 saturated heterocycles. The van der Waals surface area contributed by atoms with Crippen LogP contribution in [0.1, 0.15) is 27.4 Å². The summed E-state index contributed by atoms with van der Waals surface area (Å²) in [6.45, 7) is 4.35. The van der Waals surface area contributed by atoms with Crippen molar-refractivity contribution >= 4 is 11.9 Å². The van der Waals surface area contributed by atoms with Crippen LogP contribution in [0.4, 0.5) is 6.01 Å². The van der Waals surface area contributed by atoms with Crippen LogP contribution in [0.5, 0.6) is 0 Å². The van der Waals surface area contributed by atoms with Crippen molar-refractivity contribution in [1.29, 1.82) is 0 Å². The second-order valence-corrected chi connectivity index (χ2v) is 6.13. The monoisotopic (exact) mass is 363 g/mol. The Balaban J connectivity index is 1.44. The van der Waals surface area contributed by atoms with E-state index in [4.69, 9.17) is 8.83 Å². The second-order valence-electron chi connectivity index (χ2n) is 6.13. The van der Waals surface area contributed by atoms with Crippen LogP contribution < -0.4 is 5.32 Å². The van der Waals surface area contributed by atoms with E-state index in [0.29, 0.717) is 29.3 Å². The third-order valence-corrected chi connectivity index (χ3v) is 4.06. The van der Waals surface area contributed by atoms with Crippen LogP contribution in [0, 0.1) is 13.8 Å². The van der Waals surface area contributed by atoms with Crippen molar-refractivity contribution in [2.45, 2.75) is 20.4 Å². The van der Waals surface area contributed by atoms with Gasteiger partial charge in [0.05, 0.1) is 11.9 Å². The van der Waals surface area contributed by atoms with Crippen molar-refractivity contribution in [3.63, 3.8) is 0 Å². The van der Waals surface area contributed by atoms with Gasteiger partial charge in [0.25, 0.3) is 11.8 Å². The van der Waals surface area contributed by atoms with Gasteiger partial charge in [-0.2, -0.15) is 0 Å². The van der Waals surface area contributed by atoms with Crippen molar-refractivity contribution in [2.24, 2.45) is 0 Å². The van der Waals surface area contributed by atoms with Crippen LogP contribution in [0.3, 0.4) is 0 Å². The molecule has 1 N–H and O–H groups in total. The minimum Gasteiger partial charge on any atom is -0.466 e. The highest BCUT2D eigenvalue weighted by Gasteiger charge is 2.16. The molecule has 0 fully saturated rings. The fourth-order valence-corrected chi connectivity index (χ4v) is 2.75. The van der Waals surface area contributed by atoms with Gasteiger partial charge in [-0.3, -0.25) is 10.1 Å². The minimum absolute atomic E-state index is 0.0377. The third kappa shape index (κ3) is 3.64. The molecule has 0 aliphatic carbocycles. The molecule has 0 aliphatic heterocycles. The maximum atomic E-state index is 12.4. The molecule has 27 heavy (non-hydrogen) atoms. The fourth-order valence-electron chi connectivity index (χ4n) is 2.75. The Labute approximate surface area is 154 Å². The molecule has 0 radical (unpaired) electrons. The second kappa shape index (κ2) is 6.91. The molecule has 8 heteroatoms. The largest absolute Gasteiger partial charge is 0.466 e. The Morgan fingerprint density at radius 2 is 1.96 bits per heavy atom. The fraction of sp³-hybridized carbons (Fsp3) is 0.158. The Morgan fingerprint density at radius 1 is 1.15 bits per heavy atom. The highest BCUT2D eigenvalue weighted by Crippen LogP contribution is 2.26. The van der Waals surface area contributed by atoms with Gasteiger partial charge in [-0.1, -0.05) is 17.2 Å². The number of nitrogens with zero attached hydrogens (tertiary/aromatic N) is 4. The number of nitrogens with one attached hydrogen (secondary N) is 1. The molecule has 136 valence electrons.